The second kappa shape index (κ2) is 6.25. The summed E-state index contributed by atoms with van der Waals surface area (Å²) < 4.78 is 11.2. The highest BCUT2D eigenvalue weighted by molar-refractivity contribution is 6.04. The van der Waals surface area contributed by atoms with E-state index in [1.165, 1.54) is 19.3 Å². The predicted molar refractivity (Wildman–Crippen MR) is 101 cm³/mol. The van der Waals surface area contributed by atoms with Crippen LogP contribution in [0, 0.1) is 23.2 Å². The average molecular weight is 369 g/mol. The summed E-state index contributed by atoms with van der Waals surface area (Å²) in [5.74, 6) is 3.52. The summed E-state index contributed by atoms with van der Waals surface area (Å²) in [6.45, 7) is 2.00. The van der Waals surface area contributed by atoms with Crippen LogP contribution in [0.3, 0.4) is 0 Å². The van der Waals surface area contributed by atoms with Crippen LogP contribution in [0.5, 0.6) is 11.5 Å². The van der Waals surface area contributed by atoms with E-state index in [-0.39, 0.29) is 17.5 Å². The summed E-state index contributed by atoms with van der Waals surface area (Å²) in [5.41, 5.74) is 1.38. The van der Waals surface area contributed by atoms with Crippen molar-refractivity contribution in [2.24, 2.45) is 28.3 Å². The topological polar surface area (TPSA) is 57.1 Å². The smallest absolute Gasteiger partial charge is 0.341 e. The number of benzene rings is 1. The molecular formula is C22H27NO4. The van der Waals surface area contributed by atoms with Crippen LogP contribution < -0.4 is 9.47 Å². The molecule has 1 atom stereocenters. The number of oxime groups is 1. The second-order valence-corrected chi connectivity index (χ2v) is 9.11. The molecule has 4 aliphatic carbocycles. The zero-order valence-electron chi connectivity index (χ0n) is 16.1. The molecule has 0 unspecified atom stereocenters. The van der Waals surface area contributed by atoms with Crippen LogP contribution in [0.4, 0.5) is 0 Å². The standard InChI is InChI=1S/C22H27NO4/c1-13-5-19(18-4-3-17(25-2)9-20(18)26-13)23-27-21(24)22-10-14-6-15(11-22)8-16(7-14)12-22/h3-4,9,13-16H,5-8,10-12H2,1-2H3/b23-19+/t13-,14?,15?,16?,22?/m1/s1. The fraction of sp³-hybridized carbons (Fsp3) is 0.636. The van der Waals surface area contributed by atoms with Gasteiger partial charge < -0.3 is 14.3 Å². The lowest BCUT2D eigenvalue weighted by Crippen LogP contribution is -2.50. The first kappa shape index (κ1) is 17.1. The molecule has 4 fully saturated rings. The van der Waals surface area contributed by atoms with E-state index in [1.807, 2.05) is 25.1 Å². The van der Waals surface area contributed by atoms with Crippen molar-refractivity contribution >= 4 is 11.7 Å². The maximum atomic E-state index is 13.1. The predicted octanol–water partition coefficient (Wildman–Crippen LogP) is 4.33. The summed E-state index contributed by atoms with van der Waals surface area (Å²) in [4.78, 5) is 18.6. The van der Waals surface area contributed by atoms with E-state index in [9.17, 15) is 4.79 Å². The van der Waals surface area contributed by atoms with E-state index < -0.39 is 0 Å². The van der Waals surface area contributed by atoms with Crippen LogP contribution in [-0.4, -0.2) is 24.9 Å². The normalized spacial score (nSPS) is 37.6. The first-order valence-corrected chi connectivity index (χ1v) is 10.2. The summed E-state index contributed by atoms with van der Waals surface area (Å²) in [7, 11) is 1.64. The molecule has 144 valence electrons. The molecule has 0 radical (unpaired) electrons. The van der Waals surface area contributed by atoms with Gasteiger partial charge in [0.05, 0.1) is 18.2 Å². The third-order valence-electron chi connectivity index (χ3n) is 7.02. The van der Waals surface area contributed by atoms with E-state index >= 15 is 0 Å². The van der Waals surface area contributed by atoms with Gasteiger partial charge >= 0.3 is 5.97 Å². The number of hydrogen-bond donors (Lipinski definition) is 0. The van der Waals surface area contributed by atoms with E-state index in [0.717, 1.165) is 42.0 Å². The summed E-state index contributed by atoms with van der Waals surface area (Å²) in [6.07, 6.45) is 7.54. The Balaban J connectivity index is 1.38. The number of fused-ring (bicyclic) bond motifs is 1. The van der Waals surface area contributed by atoms with Crippen molar-refractivity contribution in [2.75, 3.05) is 7.11 Å². The molecule has 0 aromatic heterocycles. The van der Waals surface area contributed by atoms with Crippen molar-refractivity contribution in [2.45, 2.75) is 58.0 Å². The Bertz CT molecular complexity index is 764. The van der Waals surface area contributed by atoms with E-state index in [4.69, 9.17) is 14.3 Å². The number of carbonyl (C=O) groups excluding carboxylic acids is 1. The number of ether oxygens (including phenoxy) is 2. The highest BCUT2D eigenvalue weighted by Crippen LogP contribution is 2.60. The van der Waals surface area contributed by atoms with Gasteiger partial charge in [0.25, 0.3) is 0 Å². The minimum Gasteiger partial charge on any atom is -0.497 e. The zero-order chi connectivity index (χ0) is 18.6. The van der Waals surface area contributed by atoms with Gasteiger partial charge in [-0.15, -0.1) is 0 Å². The van der Waals surface area contributed by atoms with Crippen molar-refractivity contribution in [3.8, 4) is 11.5 Å². The van der Waals surface area contributed by atoms with Gasteiger partial charge in [-0.3, -0.25) is 0 Å². The number of carbonyl (C=O) groups is 1. The van der Waals surface area contributed by atoms with Crippen molar-refractivity contribution in [1.29, 1.82) is 0 Å². The van der Waals surface area contributed by atoms with Gasteiger partial charge in [-0.05, 0) is 75.3 Å². The van der Waals surface area contributed by atoms with Crippen LogP contribution >= 0.6 is 0 Å². The van der Waals surface area contributed by atoms with Gasteiger partial charge in [-0.25, -0.2) is 4.79 Å². The summed E-state index contributed by atoms with van der Waals surface area (Å²) in [5, 5.41) is 4.33. The highest BCUT2D eigenvalue weighted by Gasteiger charge is 2.55. The lowest BCUT2D eigenvalue weighted by Gasteiger charge is -2.54. The quantitative estimate of drug-likeness (QED) is 0.588. The first-order chi connectivity index (χ1) is 13.0. The van der Waals surface area contributed by atoms with Crippen molar-refractivity contribution in [3.63, 3.8) is 0 Å². The molecule has 1 aliphatic heterocycles. The van der Waals surface area contributed by atoms with Gasteiger partial charge in [0.15, 0.2) is 0 Å². The third kappa shape index (κ3) is 2.91. The molecule has 0 spiro atoms. The van der Waals surface area contributed by atoms with Crippen molar-refractivity contribution in [1.82, 2.24) is 0 Å². The second-order valence-electron chi connectivity index (χ2n) is 9.11. The van der Waals surface area contributed by atoms with E-state index in [1.54, 1.807) is 7.11 Å². The molecule has 1 aromatic carbocycles. The SMILES string of the molecule is COc1ccc2c(c1)O[C@H](C)C/C2=N\OC(=O)C12CC3CC(CC(C3)C1)C2. The van der Waals surface area contributed by atoms with Crippen LogP contribution in [0.1, 0.15) is 57.4 Å². The van der Waals surface area contributed by atoms with Crippen molar-refractivity contribution < 1.29 is 19.1 Å². The van der Waals surface area contributed by atoms with Gasteiger partial charge in [0.2, 0.25) is 0 Å². The molecule has 5 heteroatoms. The summed E-state index contributed by atoms with van der Waals surface area (Å²) in [6, 6.07) is 5.67. The summed E-state index contributed by atoms with van der Waals surface area (Å²) >= 11 is 0. The molecule has 0 amide bonds. The maximum Gasteiger partial charge on any atom is 0.341 e. The number of methoxy groups -OCH3 is 1. The lowest BCUT2D eigenvalue weighted by atomic mass is 9.49. The molecule has 5 nitrogen and oxygen atoms in total. The molecule has 1 aromatic rings. The zero-order valence-corrected chi connectivity index (χ0v) is 16.1. The lowest BCUT2D eigenvalue weighted by molar-refractivity contribution is -0.171. The van der Waals surface area contributed by atoms with E-state index in [2.05, 4.69) is 5.16 Å². The monoisotopic (exact) mass is 369 g/mol. The molecule has 4 saturated carbocycles. The molecule has 1 heterocycles. The van der Waals surface area contributed by atoms with Crippen molar-refractivity contribution in [3.05, 3.63) is 23.8 Å². The fourth-order valence-corrected chi connectivity index (χ4v) is 6.25. The molecule has 6 rings (SSSR count). The van der Waals surface area contributed by atoms with Gasteiger partial charge in [-0.2, -0.15) is 0 Å². The minimum absolute atomic E-state index is 0.0124. The van der Waals surface area contributed by atoms with Crippen LogP contribution in [0.15, 0.2) is 23.4 Å². The van der Waals surface area contributed by atoms with Crippen LogP contribution in [0.2, 0.25) is 0 Å². The fourth-order valence-electron chi connectivity index (χ4n) is 6.25. The van der Waals surface area contributed by atoms with Crippen LogP contribution in [0.25, 0.3) is 0 Å². The first-order valence-electron chi connectivity index (χ1n) is 10.2. The number of rotatable bonds is 3. The Kier molecular flexibility index (Phi) is 3.95. The van der Waals surface area contributed by atoms with Gasteiger partial charge in [-0.1, -0.05) is 5.16 Å². The molecule has 0 N–H and O–H groups in total. The molecule has 5 aliphatic rings. The Morgan fingerprint density at radius 1 is 1.15 bits per heavy atom. The number of hydrogen-bond acceptors (Lipinski definition) is 5. The Morgan fingerprint density at radius 3 is 2.44 bits per heavy atom. The highest BCUT2D eigenvalue weighted by atomic mass is 16.7. The minimum atomic E-state index is -0.279. The van der Waals surface area contributed by atoms with Gasteiger partial charge in [0.1, 0.15) is 17.6 Å². The Labute approximate surface area is 160 Å². The largest absolute Gasteiger partial charge is 0.497 e. The average Bonchev–Trinajstić information content (AvgIpc) is 2.64. The maximum absolute atomic E-state index is 13.1. The van der Waals surface area contributed by atoms with Crippen LogP contribution in [-0.2, 0) is 9.63 Å². The Morgan fingerprint density at radius 2 is 1.81 bits per heavy atom. The Hall–Kier alpha value is -2.04. The molecule has 27 heavy (non-hydrogen) atoms. The molecule has 0 saturated heterocycles. The molecular weight excluding hydrogens is 342 g/mol. The van der Waals surface area contributed by atoms with Gasteiger partial charge in [0, 0.05) is 18.1 Å². The third-order valence-corrected chi connectivity index (χ3v) is 7.02. The van der Waals surface area contributed by atoms with E-state index in [0.29, 0.717) is 24.2 Å². The molecule has 4 bridgehead atoms. The number of nitrogens with zero attached hydrogens (tertiary/aromatic N) is 1.